The summed E-state index contributed by atoms with van der Waals surface area (Å²) in [5.41, 5.74) is 9.83. The van der Waals surface area contributed by atoms with E-state index in [1.165, 1.54) is 12.0 Å². The monoisotopic (exact) mass is 458 g/mol. The van der Waals surface area contributed by atoms with E-state index in [2.05, 4.69) is 48.9 Å². The van der Waals surface area contributed by atoms with Crippen LogP contribution in [0, 0.1) is 12.7 Å². The molecule has 1 aliphatic rings. The average Bonchev–Trinajstić information content (AvgIpc) is 2.80. The summed E-state index contributed by atoms with van der Waals surface area (Å²) < 4.78 is 14.3. The number of nitrogens with zero attached hydrogens (tertiary/aromatic N) is 2. The lowest BCUT2D eigenvalue weighted by Crippen LogP contribution is -2.52. The molecule has 1 saturated heterocycles. The van der Waals surface area contributed by atoms with Gasteiger partial charge in [0.15, 0.2) is 0 Å². The second-order valence-corrected chi connectivity index (χ2v) is 9.83. The number of rotatable bonds is 12. The molecule has 5 heteroatoms. The first-order valence-corrected chi connectivity index (χ1v) is 12.8. The van der Waals surface area contributed by atoms with Crippen molar-refractivity contribution in [3.63, 3.8) is 0 Å². The van der Waals surface area contributed by atoms with Gasteiger partial charge in [0, 0.05) is 36.8 Å². The number of likely N-dealkylation sites (tertiary alicyclic amines) is 1. The number of hydrogen-bond acceptors (Lipinski definition) is 4. The highest BCUT2D eigenvalue weighted by Gasteiger charge is 2.29. The summed E-state index contributed by atoms with van der Waals surface area (Å²) in [5, 5.41) is 3.76. The van der Waals surface area contributed by atoms with Crippen molar-refractivity contribution in [2.45, 2.75) is 91.9 Å². The molecule has 1 heterocycles. The summed E-state index contributed by atoms with van der Waals surface area (Å²) in [7, 11) is 0. The Kier molecular flexibility index (Phi) is 11.6. The molecule has 1 aromatic carbocycles. The lowest BCUT2D eigenvalue weighted by molar-refractivity contribution is 0.0673. The van der Waals surface area contributed by atoms with Gasteiger partial charge in [-0.25, -0.2) is 4.39 Å². The van der Waals surface area contributed by atoms with E-state index < -0.39 is 0 Å². The Bertz CT molecular complexity index is 780. The highest BCUT2D eigenvalue weighted by molar-refractivity contribution is 5.24. The van der Waals surface area contributed by atoms with E-state index in [1.54, 1.807) is 12.3 Å². The Morgan fingerprint density at radius 2 is 1.97 bits per heavy atom. The first kappa shape index (κ1) is 27.6. The molecule has 0 spiro atoms. The molecule has 0 bridgehead atoms. The van der Waals surface area contributed by atoms with Gasteiger partial charge in [0.2, 0.25) is 0 Å². The Morgan fingerprint density at radius 1 is 1.27 bits per heavy atom. The summed E-state index contributed by atoms with van der Waals surface area (Å²) >= 11 is 0. The minimum absolute atomic E-state index is 0.0718. The van der Waals surface area contributed by atoms with E-state index in [0.717, 1.165) is 62.1 Å². The van der Waals surface area contributed by atoms with E-state index in [9.17, 15) is 4.39 Å². The Morgan fingerprint density at radius 3 is 2.55 bits per heavy atom. The van der Waals surface area contributed by atoms with Gasteiger partial charge in [-0.05, 0) is 96.4 Å². The third kappa shape index (κ3) is 8.55. The van der Waals surface area contributed by atoms with Crippen LogP contribution in [0.25, 0.3) is 0 Å². The summed E-state index contributed by atoms with van der Waals surface area (Å²) in [4.78, 5) is 5.16. The zero-order chi connectivity index (χ0) is 24.4. The van der Waals surface area contributed by atoms with Crippen molar-refractivity contribution in [1.29, 1.82) is 0 Å². The fraction of sp³-hybridized carbons (Fsp3) is 0.643. The van der Waals surface area contributed by atoms with Gasteiger partial charge in [-0.2, -0.15) is 0 Å². The maximum absolute atomic E-state index is 14.3. The van der Waals surface area contributed by atoms with Gasteiger partial charge >= 0.3 is 0 Å². The van der Waals surface area contributed by atoms with Crippen LogP contribution in [-0.2, 0) is 6.54 Å². The molecule has 0 aromatic heterocycles. The number of halogens is 1. The molecule has 0 aliphatic carbocycles. The van der Waals surface area contributed by atoms with Crippen molar-refractivity contribution < 1.29 is 4.39 Å². The van der Waals surface area contributed by atoms with Crippen LogP contribution in [0.2, 0.25) is 0 Å². The zero-order valence-electron chi connectivity index (χ0n) is 21.8. The summed E-state index contributed by atoms with van der Waals surface area (Å²) in [5.74, 6) is -0.0718. The molecule has 3 N–H and O–H groups in total. The van der Waals surface area contributed by atoms with Crippen LogP contribution >= 0.6 is 0 Å². The van der Waals surface area contributed by atoms with Gasteiger partial charge in [0.25, 0.3) is 0 Å². The largest absolute Gasteiger partial charge is 0.404 e. The van der Waals surface area contributed by atoms with Gasteiger partial charge in [0.1, 0.15) is 5.82 Å². The van der Waals surface area contributed by atoms with Crippen molar-refractivity contribution in [2.24, 2.45) is 5.73 Å². The smallest absolute Gasteiger partial charge is 0.127 e. The second kappa shape index (κ2) is 13.9. The molecule has 0 amide bonds. The Labute approximate surface area is 202 Å². The van der Waals surface area contributed by atoms with Crippen LogP contribution in [0.4, 0.5) is 4.39 Å². The number of allylic oxidation sites excluding steroid dienone is 2. The summed E-state index contributed by atoms with van der Waals surface area (Å²) in [6.07, 6.45) is 8.43. The maximum Gasteiger partial charge on any atom is 0.127 e. The predicted molar refractivity (Wildman–Crippen MR) is 140 cm³/mol. The Hall–Kier alpha value is -1.69. The van der Waals surface area contributed by atoms with Crippen LogP contribution in [0.3, 0.4) is 0 Å². The van der Waals surface area contributed by atoms with E-state index in [0.29, 0.717) is 24.7 Å². The molecule has 33 heavy (non-hydrogen) atoms. The lowest BCUT2D eigenvalue weighted by Gasteiger charge is -2.42. The summed E-state index contributed by atoms with van der Waals surface area (Å²) in [6.45, 7) is 17.9. The van der Waals surface area contributed by atoms with Crippen LogP contribution in [0.15, 0.2) is 41.6 Å². The molecular formula is C28H47FN4. The van der Waals surface area contributed by atoms with Crippen LogP contribution in [-0.4, -0.2) is 54.1 Å². The van der Waals surface area contributed by atoms with Crippen molar-refractivity contribution in [3.05, 3.63) is 58.6 Å². The molecule has 0 saturated carbocycles. The van der Waals surface area contributed by atoms with E-state index in [1.807, 2.05) is 26.0 Å². The highest BCUT2D eigenvalue weighted by atomic mass is 19.1. The Balaban J connectivity index is 1.94. The zero-order valence-corrected chi connectivity index (χ0v) is 21.8. The molecule has 4 nitrogen and oxygen atoms in total. The number of nitrogens with two attached hydrogens (primary N) is 1. The normalized spacial score (nSPS) is 18.7. The standard InChI is InChI=1S/C28H47FN4/c1-7-13-33(26(8-2)19-31-24(6)23(5)16-22(4)18-30)27-11-14-32(15-12-27)20-25-10-9-21(3)17-28(25)29/h9-10,16-18,24,26-27,31H,7-8,11-15,19-20,30H2,1-6H3/b22-18-,23-16-. The maximum atomic E-state index is 14.3. The molecule has 0 radical (unpaired) electrons. The quantitative estimate of drug-likeness (QED) is 0.413. The molecule has 2 atom stereocenters. The minimum Gasteiger partial charge on any atom is -0.404 e. The van der Waals surface area contributed by atoms with Crippen molar-refractivity contribution in [2.75, 3.05) is 26.2 Å². The first-order chi connectivity index (χ1) is 15.8. The molecule has 186 valence electrons. The van der Waals surface area contributed by atoms with Gasteiger partial charge in [-0.1, -0.05) is 37.6 Å². The second-order valence-electron chi connectivity index (χ2n) is 9.83. The van der Waals surface area contributed by atoms with Crippen LogP contribution in [0.5, 0.6) is 0 Å². The predicted octanol–water partition coefficient (Wildman–Crippen LogP) is 5.38. The number of aryl methyl sites for hydroxylation is 1. The minimum atomic E-state index is -0.0718. The molecule has 2 unspecified atom stereocenters. The van der Waals surface area contributed by atoms with Gasteiger partial charge in [-0.15, -0.1) is 0 Å². The third-order valence-electron chi connectivity index (χ3n) is 7.11. The van der Waals surface area contributed by atoms with Gasteiger partial charge in [-0.3, -0.25) is 9.80 Å². The third-order valence-corrected chi connectivity index (χ3v) is 7.11. The number of hydrogen-bond donors (Lipinski definition) is 2. The number of benzene rings is 1. The van der Waals surface area contributed by atoms with E-state index in [-0.39, 0.29) is 5.82 Å². The lowest BCUT2D eigenvalue weighted by atomic mass is 9.98. The molecule has 1 aliphatic heterocycles. The van der Waals surface area contributed by atoms with Gasteiger partial charge < -0.3 is 11.1 Å². The average molecular weight is 459 g/mol. The topological polar surface area (TPSA) is 44.5 Å². The molecular weight excluding hydrogens is 411 g/mol. The SMILES string of the molecule is CCCN(C1CCN(Cc2ccc(C)cc2F)CC1)C(CC)CNC(C)/C(C)=C\C(C)=C/N. The van der Waals surface area contributed by atoms with Crippen molar-refractivity contribution in [3.8, 4) is 0 Å². The number of nitrogens with one attached hydrogen (secondary N) is 1. The fourth-order valence-electron chi connectivity index (χ4n) is 4.85. The van der Waals surface area contributed by atoms with Crippen LogP contribution in [0.1, 0.15) is 71.4 Å². The van der Waals surface area contributed by atoms with E-state index >= 15 is 0 Å². The fourth-order valence-corrected chi connectivity index (χ4v) is 4.85. The van der Waals surface area contributed by atoms with Gasteiger partial charge in [0.05, 0.1) is 0 Å². The van der Waals surface area contributed by atoms with Crippen LogP contribution < -0.4 is 11.1 Å². The van der Waals surface area contributed by atoms with Crippen molar-refractivity contribution >= 4 is 0 Å². The highest BCUT2D eigenvalue weighted by Crippen LogP contribution is 2.23. The molecule has 2 rings (SSSR count). The first-order valence-electron chi connectivity index (χ1n) is 12.8. The molecule has 1 aromatic rings. The summed E-state index contributed by atoms with van der Waals surface area (Å²) in [6, 6.07) is 7.06. The number of piperidine rings is 1. The van der Waals surface area contributed by atoms with E-state index in [4.69, 9.17) is 5.73 Å². The molecule has 1 fully saturated rings. The van der Waals surface area contributed by atoms with Crippen molar-refractivity contribution in [1.82, 2.24) is 15.1 Å².